The first-order chi connectivity index (χ1) is 6.61. The summed E-state index contributed by atoms with van der Waals surface area (Å²) in [6.07, 6.45) is 0. The largest absolute Gasteiger partial charge is 0.352 e. The average Bonchev–Trinajstić information content (AvgIpc) is 2.15. The van der Waals surface area contributed by atoms with Gasteiger partial charge in [-0.2, -0.15) is 0 Å². The van der Waals surface area contributed by atoms with Crippen molar-refractivity contribution in [2.75, 3.05) is 0 Å². The second kappa shape index (κ2) is 4.65. The zero-order valence-corrected chi connectivity index (χ0v) is 8.53. The summed E-state index contributed by atoms with van der Waals surface area (Å²) in [5.41, 5.74) is 6.20. The molecule has 0 radical (unpaired) electrons. The van der Waals surface area contributed by atoms with E-state index in [1.54, 1.807) is 0 Å². The molecule has 0 aliphatic rings. The number of primary amides is 1. The zero-order valence-electron chi connectivity index (χ0n) is 8.53. The Labute approximate surface area is 84.3 Å². The summed E-state index contributed by atoms with van der Waals surface area (Å²) in [6.45, 7) is 4.10. The van der Waals surface area contributed by atoms with Gasteiger partial charge in [0.1, 0.15) is 0 Å². The first-order valence-corrected chi connectivity index (χ1v) is 4.72. The minimum absolute atomic E-state index is 0.00583. The van der Waals surface area contributed by atoms with Crippen LogP contribution in [-0.4, -0.2) is 6.03 Å². The van der Waals surface area contributed by atoms with Gasteiger partial charge >= 0.3 is 6.03 Å². The third-order valence-electron chi connectivity index (χ3n) is 2.12. The van der Waals surface area contributed by atoms with E-state index in [0.717, 1.165) is 5.56 Å². The van der Waals surface area contributed by atoms with Gasteiger partial charge in [0.15, 0.2) is 0 Å². The van der Waals surface area contributed by atoms with Crippen molar-refractivity contribution in [2.45, 2.75) is 19.9 Å². The summed E-state index contributed by atoms with van der Waals surface area (Å²) >= 11 is 0. The maximum absolute atomic E-state index is 10.8. The third-order valence-corrected chi connectivity index (χ3v) is 2.12. The molecule has 0 aliphatic heterocycles. The van der Waals surface area contributed by atoms with Crippen molar-refractivity contribution in [3.63, 3.8) is 0 Å². The van der Waals surface area contributed by atoms with Crippen LogP contribution < -0.4 is 11.1 Å². The van der Waals surface area contributed by atoms with Gasteiger partial charge in [-0.25, -0.2) is 4.79 Å². The lowest BCUT2D eigenvalue weighted by molar-refractivity contribution is 0.241. The molecule has 0 aliphatic carbocycles. The normalized spacial score (nSPS) is 12.5. The first kappa shape index (κ1) is 10.6. The van der Waals surface area contributed by atoms with Crippen LogP contribution in [0.3, 0.4) is 0 Å². The monoisotopic (exact) mass is 192 g/mol. The topological polar surface area (TPSA) is 55.1 Å². The van der Waals surface area contributed by atoms with Crippen LogP contribution in [0.1, 0.15) is 25.5 Å². The molecule has 0 fully saturated rings. The van der Waals surface area contributed by atoms with Crippen LogP contribution in [0.15, 0.2) is 30.3 Å². The smallest absolute Gasteiger partial charge is 0.312 e. The summed E-state index contributed by atoms with van der Waals surface area (Å²) in [6, 6.07) is 9.34. The number of urea groups is 1. The predicted molar refractivity (Wildman–Crippen MR) is 56.7 cm³/mol. The molecular formula is C11H16N2O. The predicted octanol–water partition coefficient (Wildman–Crippen LogP) is 2.05. The molecule has 0 saturated carbocycles. The molecule has 76 valence electrons. The van der Waals surface area contributed by atoms with Gasteiger partial charge in [0.2, 0.25) is 0 Å². The molecule has 1 aromatic rings. The summed E-state index contributed by atoms with van der Waals surface area (Å²) in [5, 5.41) is 2.73. The van der Waals surface area contributed by atoms with E-state index in [1.165, 1.54) is 0 Å². The lowest BCUT2D eigenvalue weighted by Gasteiger charge is -2.21. The third kappa shape index (κ3) is 2.76. The maximum atomic E-state index is 10.8. The Bertz CT molecular complexity index is 295. The van der Waals surface area contributed by atoms with Gasteiger partial charge in [-0.1, -0.05) is 44.2 Å². The summed E-state index contributed by atoms with van der Waals surface area (Å²) in [5.74, 6) is 0.324. The standard InChI is InChI=1S/C11H16N2O/c1-8(2)10(13-11(12)14)9-6-4-3-5-7-9/h3-8,10H,1-2H3,(H3,12,13,14)/t10-/m1/s1. The van der Waals surface area contributed by atoms with Crippen LogP contribution in [-0.2, 0) is 0 Å². The van der Waals surface area contributed by atoms with Gasteiger partial charge in [-0.05, 0) is 11.5 Å². The fourth-order valence-corrected chi connectivity index (χ4v) is 1.45. The lowest BCUT2D eigenvalue weighted by atomic mass is 9.96. The van der Waals surface area contributed by atoms with Crippen LogP contribution in [0.2, 0.25) is 0 Å². The number of carbonyl (C=O) groups is 1. The van der Waals surface area contributed by atoms with E-state index in [1.807, 2.05) is 44.2 Å². The van der Waals surface area contributed by atoms with Gasteiger partial charge in [0.25, 0.3) is 0 Å². The van der Waals surface area contributed by atoms with E-state index in [0.29, 0.717) is 5.92 Å². The van der Waals surface area contributed by atoms with E-state index in [2.05, 4.69) is 5.32 Å². The van der Waals surface area contributed by atoms with Crippen molar-refractivity contribution in [2.24, 2.45) is 11.7 Å². The van der Waals surface area contributed by atoms with Crippen LogP contribution in [0, 0.1) is 5.92 Å². The molecule has 3 heteroatoms. The SMILES string of the molecule is CC(C)[C@@H](NC(N)=O)c1ccccc1. The Morgan fingerprint density at radius 3 is 2.29 bits per heavy atom. The minimum atomic E-state index is -0.479. The molecule has 1 rings (SSSR count). The molecule has 0 unspecified atom stereocenters. The van der Waals surface area contributed by atoms with E-state index >= 15 is 0 Å². The molecule has 0 saturated heterocycles. The van der Waals surface area contributed by atoms with Crippen LogP contribution in [0.4, 0.5) is 4.79 Å². The number of carbonyl (C=O) groups excluding carboxylic acids is 1. The van der Waals surface area contributed by atoms with Crippen molar-refractivity contribution in [3.05, 3.63) is 35.9 Å². The first-order valence-electron chi connectivity index (χ1n) is 4.72. The van der Waals surface area contributed by atoms with E-state index < -0.39 is 6.03 Å². The highest BCUT2D eigenvalue weighted by molar-refractivity contribution is 5.72. The number of hydrogen-bond donors (Lipinski definition) is 2. The van der Waals surface area contributed by atoms with Crippen molar-refractivity contribution in [3.8, 4) is 0 Å². The summed E-state index contributed by atoms with van der Waals surface area (Å²) in [4.78, 5) is 10.8. The molecular weight excluding hydrogens is 176 g/mol. The molecule has 0 spiro atoms. The Balaban J connectivity index is 2.83. The number of amides is 2. The Morgan fingerprint density at radius 1 is 1.29 bits per heavy atom. The fraction of sp³-hybridized carbons (Fsp3) is 0.364. The molecule has 0 heterocycles. The van der Waals surface area contributed by atoms with Gasteiger partial charge in [0.05, 0.1) is 6.04 Å². The lowest BCUT2D eigenvalue weighted by Crippen LogP contribution is -2.35. The molecule has 14 heavy (non-hydrogen) atoms. The molecule has 3 nitrogen and oxygen atoms in total. The number of hydrogen-bond acceptors (Lipinski definition) is 1. The molecule has 3 N–H and O–H groups in total. The molecule has 0 aromatic heterocycles. The Kier molecular flexibility index (Phi) is 3.51. The Morgan fingerprint density at radius 2 is 1.86 bits per heavy atom. The van der Waals surface area contributed by atoms with Crippen molar-refractivity contribution in [1.82, 2.24) is 5.32 Å². The fourth-order valence-electron chi connectivity index (χ4n) is 1.45. The number of nitrogens with one attached hydrogen (secondary N) is 1. The number of benzene rings is 1. The Hall–Kier alpha value is -1.51. The average molecular weight is 192 g/mol. The highest BCUT2D eigenvalue weighted by Gasteiger charge is 2.16. The van der Waals surface area contributed by atoms with Gasteiger partial charge in [-0.3, -0.25) is 0 Å². The van der Waals surface area contributed by atoms with Gasteiger partial charge in [0, 0.05) is 0 Å². The summed E-state index contributed by atoms with van der Waals surface area (Å²) < 4.78 is 0. The quantitative estimate of drug-likeness (QED) is 0.756. The second-order valence-electron chi connectivity index (χ2n) is 3.64. The molecule has 1 aromatic carbocycles. The number of rotatable bonds is 3. The van der Waals surface area contributed by atoms with Gasteiger partial charge in [-0.15, -0.1) is 0 Å². The zero-order chi connectivity index (χ0) is 10.6. The molecule has 0 bridgehead atoms. The second-order valence-corrected chi connectivity index (χ2v) is 3.64. The minimum Gasteiger partial charge on any atom is -0.352 e. The van der Waals surface area contributed by atoms with Crippen molar-refractivity contribution < 1.29 is 4.79 Å². The van der Waals surface area contributed by atoms with Crippen molar-refractivity contribution in [1.29, 1.82) is 0 Å². The molecule has 2 amide bonds. The molecule has 1 atom stereocenters. The van der Waals surface area contributed by atoms with Crippen LogP contribution in [0.25, 0.3) is 0 Å². The summed E-state index contributed by atoms with van der Waals surface area (Å²) in [7, 11) is 0. The van der Waals surface area contributed by atoms with E-state index in [9.17, 15) is 4.79 Å². The highest BCUT2D eigenvalue weighted by atomic mass is 16.2. The van der Waals surface area contributed by atoms with E-state index in [-0.39, 0.29) is 6.04 Å². The number of nitrogens with two attached hydrogens (primary N) is 1. The van der Waals surface area contributed by atoms with Crippen molar-refractivity contribution >= 4 is 6.03 Å². The van der Waals surface area contributed by atoms with Crippen LogP contribution >= 0.6 is 0 Å². The van der Waals surface area contributed by atoms with Crippen LogP contribution in [0.5, 0.6) is 0 Å². The maximum Gasteiger partial charge on any atom is 0.312 e. The van der Waals surface area contributed by atoms with Gasteiger partial charge < -0.3 is 11.1 Å². The van der Waals surface area contributed by atoms with E-state index in [4.69, 9.17) is 5.73 Å². The highest BCUT2D eigenvalue weighted by Crippen LogP contribution is 2.20.